The van der Waals surface area contributed by atoms with Gasteiger partial charge in [-0.1, -0.05) is 45.2 Å². The lowest BCUT2D eigenvalue weighted by molar-refractivity contribution is -0.207. The van der Waals surface area contributed by atoms with Crippen LogP contribution in [0, 0.1) is 12.8 Å². The molecule has 0 aliphatic heterocycles. The standard InChI is InChI=1S/C20H24ClO3P/c1-13(2)10-11-24-15-8-9-18(14(3)12-15)25-20(22)19-16(21)6-5-7-17(19)23-4/h5-9,12-13,22H,10-11H2,1-4H3/p-1. The van der Waals surface area contributed by atoms with Crippen LogP contribution in [0.2, 0.25) is 5.02 Å². The second kappa shape index (κ2) is 9.24. The molecule has 0 aliphatic rings. The zero-order valence-electron chi connectivity index (χ0n) is 15.0. The Morgan fingerprint density at radius 3 is 2.64 bits per heavy atom. The van der Waals surface area contributed by atoms with E-state index in [-0.39, 0.29) is 5.48 Å². The average Bonchev–Trinajstić information content (AvgIpc) is 2.56. The van der Waals surface area contributed by atoms with Crippen LogP contribution in [0.15, 0.2) is 36.4 Å². The topological polar surface area (TPSA) is 41.5 Å². The van der Waals surface area contributed by atoms with Crippen molar-refractivity contribution in [2.45, 2.75) is 27.2 Å². The molecule has 0 aromatic heterocycles. The van der Waals surface area contributed by atoms with E-state index in [0.717, 1.165) is 23.0 Å². The van der Waals surface area contributed by atoms with Gasteiger partial charge in [-0.15, -0.1) is 0 Å². The number of halogens is 1. The average molecular weight is 378 g/mol. The zero-order valence-corrected chi connectivity index (χ0v) is 16.7. The minimum absolute atomic E-state index is 0.0842. The monoisotopic (exact) mass is 377 g/mol. The van der Waals surface area contributed by atoms with Crippen molar-refractivity contribution in [3.8, 4) is 11.5 Å². The van der Waals surface area contributed by atoms with E-state index in [1.165, 1.54) is 7.11 Å². The molecular weight excluding hydrogens is 355 g/mol. The number of aryl methyl sites for hydroxylation is 1. The third-order valence-electron chi connectivity index (χ3n) is 3.76. The number of methoxy groups -OCH3 is 1. The summed E-state index contributed by atoms with van der Waals surface area (Å²) in [6.45, 7) is 7.02. The molecule has 0 bridgehead atoms. The van der Waals surface area contributed by atoms with Crippen LogP contribution in [-0.2, 0) is 0 Å². The van der Waals surface area contributed by atoms with Crippen molar-refractivity contribution < 1.29 is 14.6 Å². The first-order chi connectivity index (χ1) is 11.9. The number of ether oxygens (including phenoxy) is 2. The summed E-state index contributed by atoms with van der Waals surface area (Å²) >= 11 is 6.19. The Kier molecular flexibility index (Phi) is 7.31. The van der Waals surface area contributed by atoms with Gasteiger partial charge in [0.05, 0.1) is 18.7 Å². The van der Waals surface area contributed by atoms with Crippen molar-refractivity contribution in [2.24, 2.45) is 5.92 Å². The Hall–Kier alpha value is -1.54. The number of rotatable bonds is 7. The van der Waals surface area contributed by atoms with Gasteiger partial charge in [0.1, 0.15) is 11.5 Å². The summed E-state index contributed by atoms with van der Waals surface area (Å²) in [5.74, 6) is 1.94. The minimum atomic E-state index is -0.0842. The Balaban J connectivity index is 2.23. The smallest absolute Gasteiger partial charge is 0.126 e. The summed E-state index contributed by atoms with van der Waals surface area (Å²) in [5.41, 5.74) is 1.35. The van der Waals surface area contributed by atoms with Crippen LogP contribution in [0.5, 0.6) is 11.5 Å². The molecule has 0 radical (unpaired) electrons. The Labute approximate surface area is 156 Å². The van der Waals surface area contributed by atoms with Crippen LogP contribution in [0.3, 0.4) is 0 Å². The molecule has 0 saturated heterocycles. The lowest BCUT2D eigenvalue weighted by Crippen LogP contribution is -2.19. The summed E-state index contributed by atoms with van der Waals surface area (Å²) in [7, 11) is 2.10. The van der Waals surface area contributed by atoms with Gasteiger partial charge in [-0.25, -0.2) is 0 Å². The largest absolute Gasteiger partial charge is 0.823 e. The Morgan fingerprint density at radius 1 is 1.24 bits per heavy atom. The fourth-order valence-electron chi connectivity index (χ4n) is 2.30. The molecule has 0 saturated carbocycles. The molecule has 0 N–H and O–H groups in total. The fourth-order valence-corrected chi connectivity index (χ4v) is 3.57. The highest BCUT2D eigenvalue weighted by Crippen LogP contribution is 2.28. The van der Waals surface area contributed by atoms with Gasteiger partial charge in [0.25, 0.3) is 0 Å². The van der Waals surface area contributed by atoms with Gasteiger partial charge >= 0.3 is 0 Å². The van der Waals surface area contributed by atoms with Crippen molar-refractivity contribution in [3.63, 3.8) is 0 Å². The number of benzene rings is 2. The van der Waals surface area contributed by atoms with Gasteiger partial charge in [-0.2, -0.15) is 0 Å². The van der Waals surface area contributed by atoms with Gasteiger partial charge in [0.15, 0.2) is 0 Å². The van der Waals surface area contributed by atoms with Crippen LogP contribution in [0.4, 0.5) is 0 Å². The van der Waals surface area contributed by atoms with E-state index in [4.69, 9.17) is 21.1 Å². The fraction of sp³-hybridized carbons (Fsp3) is 0.350. The highest BCUT2D eigenvalue weighted by atomic mass is 35.5. The van der Waals surface area contributed by atoms with Gasteiger partial charge in [0, 0.05) is 10.9 Å². The Bertz CT molecular complexity index is 757. The SMILES string of the molecule is COc1cccc(Cl)c1C([O-])=Pc1ccc(OCCC(C)C)cc1C. The van der Waals surface area contributed by atoms with Gasteiger partial charge in [0.2, 0.25) is 0 Å². The number of hydrogen-bond acceptors (Lipinski definition) is 3. The molecule has 2 rings (SSSR count). The van der Waals surface area contributed by atoms with E-state index in [1.807, 2.05) is 25.1 Å². The molecule has 0 atom stereocenters. The summed E-state index contributed by atoms with van der Waals surface area (Å²) in [6.07, 6.45) is 1.02. The zero-order chi connectivity index (χ0) is 18.4. The highest BCUT2D eigenvalue weighted by molar-refractivity contribution is 7.49. The molecule has 3 nitrogen and oxygen atoms in total. The second-order valence-electron chi connectivity index (χ2n) is 6.21. The lowest BCUT2D eigenvalue weighted by atomic mass is 10.1. The molecule has 0 spiro atoms. The van der Waals surface area contributed by atoms with Crippen LogP contribution in [0.1, 0.15) is 31.4 Å². The summed E-state index contributed by atoms with van der Waals surface area (Å²) in [4.78, 5) is 0. The van der Waals surface area contributed by atoms with Crippen molar-refractivity contribution in [1.82, 2.24) is 0 Å². The normalized spacial score (nSPS) is 11.7. The highest BCUT2D eigenvalue weighted by Gasteiger charge is 2.07. The van der Waals surface area contributed by atoms with E-state index in [9.17, 15) is 5.11 Å². The molecule has 0 aliphatic carbocycles. The quantitative estimate of drug-likeness (QED) is 0.679. The third kappa shape index (κ3) is 5.47. The Morgan fingerprint density at radius 2 is 2.00 bits per heavy atom. The van der Waals surface area contributed by atoms with Crippen molar-refractivity contribution in [2.75, 3.05) is 13.7 Å². The molecule has 25 heavy (non-hydrogen) atoms. The predicted molar refractivity (Wildman–Crippen MR) is 105 cm³/mol. The van der Waals surface area contributed by atoms with E-state index < -0.39 is 0 Å². The van der Waals surface area contributed by atoms with Crippen molar-refractivity contribution in [3.05, 3.63) is 52.5 Å². The molecule has 0 amide bonds. The first kappa shape index (κ1) is 19.8. The van der Waals surface area contributed by atoms with E-state index in [2.05, 4.69) is 13.8 Å². The maximum absolute atomic E-state index is 12.7. The molecule has 134 valence electrons. The van der Waals surface area contributed by atoms with Crippen molar-refractivity contribution >= 4 is 30.6 Å². The summed E-state index contributed by atoms with van der Waals surface area (Å²) in [6, 6.07) is 11.0. The molecule has 0 unspecified atom stereocenters. The van der Waals surface area contributed by atoms with Gasteiger partial charge in [-0.05, 0) is 55.2 Å². The van der Waals surface area contributed by atoms with Crippen LogP contribution >= 0.6 is 19.8 Å². The maximum atomic E-state index is 12.7. The first-order valence-corrected chi connectivity index (χ1v) is 9.51. The first-order valence-electron chi connectivity index (χ1n) is 8.24. The number of hydrogen-bond donors (Lipinski definition) is 0. The van der Waals surface area contributed by atoms with E-state index in [0.29, 0.717) is 37.1 Å². The maximum Gasteiger partial charge on any atom is 0.126 e. The molecule has 0 fully saturated rings. The van der Waals surface area contributed by atoms with Crippen LogP contribution in [-0.4, -0.2) is 19.2 Å². The van der Waals surface area contributed by atoms with Crippen LogP contribution < -0.4 is 19.9 Å². The van der Waals surface area contributed by atoms with Crippen LogP contribution in [0.25, 0.3) is 0 Å². The van der Waals surface area contributed by atoms with Crippen molar-refractivity contribution in [1.29, 1.82) is 0 Å². The lowest BCUT2D eigenvalue weighted by Gasteiger charge is -2.18. The third-order valence-corrected chi connectivity index (χ3v) is 5.25. The summed E-state index contributed by atoms with van der Waals surface area (Å²) in [5, 5.41) is 14.0. The molecule has 0 heterocycles. The van der Waals surface area contributed by atoms with E-state index in [1.54, 1.807) is 18.2 Å². The molecule has 5 heteroatoms. The second-order valence-corrected chi connectivity index (χ2v) is 7.73. The minimum Gasteiger partial charge on any atom is -0.823 e. The molecular formula is C20H23ClO3P-. The van der Waals surface area contributed by atoms with Gasteiger partial charge in [-0.3, -0.25) is 0 Å². The summed E-state index contributed by atoms with van der Waals surface area (Å²) < 4.78 is 11.0. The molecule has 2 aromatic rings. The van der Waals surface area contributed by atoms with E-state index >= 15 is 0 Å². The predicted octanol–water partition coefficient (Wildman–Crippen LogP) is 4.19. The molecule has 2 aromatic carbocycles. The van der Waals surface area contributed by atoms with Gasteiger partial charge < -0.3 is 14.6 Å².